The molecular weight excluding hydrogens is 342 g/mol. The molecule has 1 rings (SSSR count). The molecule has 9 heteroatoms. The van der Waals surface area contributed by atoms with Crippen molar-refractivity contribution in [2.45, 2.75) is 19.7 Å². The molecule has 0 aliphatic rings. The number of nitrogens with one attached hydrogen (secondary N) is 2. The zero-order valence-electron chi connectivity index (χ0n) is 12.7. The molecule has 0 saturated carbocycles. The number of hydrogen-bond donors (Lipinski definition) is 4. The van der Waals surface area contributed by atoms with Gasteiger partial charge in [-0.25, -0.2) is 0 Å². The third kappa shape index (κ3) is 7.70. The quantitative estimate of drug-likeness (QED) is 0.526. The van der Waals surface area contributed by atoms with Crippen LogP contribution < -0.4 is 10.6 Å². The van der Waals surface area contributed by atoms with Gasteiger partial charge < -0.3 is 20.7 Å². The van der Waals surface area contributed by atoms with Crippen LogP contribution in [0.15, 0.2) is 18.2 Å². The summed E-state index contributed by atoms with van der Waals surface area (Å²) < 4.78 is 0. The van der Waals surface area contributed by atoms with Crippen molar-refractivity contribution in [2.75, 3.05) is 13.1 Å². The van der Waals surface area contributed by atoms with Crippen molar-refractivity contribution in [2.24, 2.45) is 5.92 Å². The van der Waals surface area contributed by atoms with E-state index in [0.29, 0.717) is 18.0 Å². The van der Waals surface area contributed by atoms with Crippen molar-refractivity contribution < 1.29 is 19.6 Å². The fourth-order valence-corrected chi connectivity index (χ4v) is 2.19. The van der Waals surface area contributed by atoms with E-state index < -0.39 is 13.0 Å². The standard InChI is InChI=1S/C14H19BCl2N2O4/c1-9(4-5-15(22)23)7-18-13(20)8-19-14(21)11-6-10(16)2-3-12(11)17/h2-3,6,9,22-23H,4-5,7-8H2,1H3,(H,18,20)(H,19,21)/t9-/m0/s1. The molecule has 0 aromatic heterocycles. The average molecular weight is 361 g/mol. The van der Waals surface area contributed by atoms with E-state index in [9.17, 15) is 9.59 Å². The van der Waals surface area contributed by atoms with Crippen LogP contribution >= 0.6 is 23.2 Å². The number of carbonyl (C=O) groups is 2. The lowest BCUT2D eigenvalue weighted by atomic mass is 9.81. The fourth-order valence-electron chi connectivity index (χ4n) is 1.81. The molecule has 0 bridgehead atoms. The van der Waals surface area contributed by atoms with Crippen molar-refractivity contribution >= 4 is 42.1 Å². The summed E-state index contributed by atoms with van der Waals surface area (Å²) in [4.78, 5) is 23.6. The third-order valence-electron chi connectivity index (χ3n) is 3.15. The second-order valence-corrected chi connectivity index (χ2v) is 6.12. The Kier molecular flexibility index (Phi) is 8.40. The highest BCUT2D eigenvalue weighted by atomic mass is 35.5. The molecule has 0 aliphatic carbocycles. The van der Waals surface area contributed by atoms with Gasteiger partial charge >= 0.3 is 7.12 Å². The molecule has 0 radical (unpaired) electrons. The van der Waals surface area contributed by atoms with Gasteiger partial charge in [0.1, 0.15) is 0 Å². The summed E-state index contributed by atoms with van der Waals surface area (Å²) in [7, 11) is -1.34. The molecule has 23 heavy (non-hydrogen) atoms. The summed E-state index contributed by atoms with van der Waals surface area (Å²) in [5, 5.41) is 23.3. The molecule has 0 unspecified atom stereocenters. The minimum atomic E-state index is -1.34. The molecule has 4 N–H and O–H groups in total. The molecule has 0 saturated heterocycles. The Morgan fingerprint density at radius 2 is 1.96 bits per heavy atom. The molecule has 1 aromatic rings. The molecule has 1 atom stereocenters. The van der Waals surface area contributed by atoms with Crippen molar-refractivity contribution in [3.63, 3.8) is 0 Å². The number of benzene rings is 1. The smallest absolute Gasteiger partial charge is 0.427 e. The monoisotopic (exact) mass is 360 g/mol. The average Bonchev–Trinajstić information content (AvgIpc) is 2.50. The highest BCUT2D eigenvalue weighted by Crippen LogP contribution is 2.20. The van der Waals surface area contributed by atoms with Gasteiger partial charge in [0, 0.05) is 11.6 Å². The van der Waals surface area contributed by atoms with Crippen molar-refractivity contribution in [1.29, 1.82) is 0 Å². The zero-order valence-corrected chi connectivity index (χ0v) is 14.2. The Balaban J connectivity index is 2.35. The molecule has 1 aromatic carbocycles. The van der Waals surface area contributed by atoms with E-state index in [4.69, 9.17) is 33.2 Å². The summed E-state index contributed by atoms with van der Waals surface area (Å²) in [6.07, 6.45) is 0.823. The predicted octanol–water partition coefficient (Wildman–Crippen LogP) is 1.34. The fraction of sp³-hybridized carbons (Fsp3) is 0.429. The second kappa shape index (κ2) is 9.77. The van der Waals surface area contributed by atoms with E-state index in [-0.39, 0.29) is 35.3 Å². The summed E-state index contributed by atoms with van der Waals surface area (Å²) in [6, 6.07) is 4.51. The normalized spacial score (nSPS) is 11.7. The summed E-state index contributed by atoms with van der Waals surface area (Å²) in [5.41, 5.74) is 0.206. The number of rotatable bonds is 8. The maximum Gasteiger partial charge on any atom is 0.451 e. The van der Waals surface area contributed by atoms with Gasteiger partial charge in [0.15, 0.2) is 0 Å². The molecule has 2 amide bonds. The Bertz CT molecular complexity index is 558. The SMILES string of the molecule is C[C@@H](CCB(O)O)CNC(=O)CNC(=O)c1cc(Cl)ccc1Cl. The molecule has 0 aliphatic heterocycles. The molecule has 126 valence electrons. The number of halogens is 2. The van der Waals surface area contributed by atoms with Crippen LogP contribution in [0.25, 0.3) is 0 Å². The van der Waals surface area contributed by atoms with Gasteiger partial charge in [-0.05, 0) is 30.4 Å². The van der Waals surface area contributed by atoms with Crippen LogP contribution in [-0.4, -0.2) is 42.1 Å². The van der Waals surface area contributed by atoms with E-state index in [2.05, 4.69) is 10.6 Å². The van der Waals surface area contributed by atoms with Gasteiger partial charge in [0.05, 0.1) is 17.1 Å². The maximum absolute atomic E-state index is 11.9. The number of amides is 2. The van der Waals surface area contributed by atoms with E-state index in [1.807, 2.05) is 6.92 Å². The topological polar surface area (TPSA) is 98.7 Å². The van der Waals surface area contributed by atoms with Gasteiger partial charge in [-0.1, -0.05) is 36.5 Å². The number of carbonyl (C=O) groups excluding carboxylic acids is 2. The maximum atomic E-state index is 11.9. The summed E-state index contributed by atoms with van der Waals surface area (Å²) >= 11 is 11.7. The lowest BCUT2D eigenvalue weighted by Crippen LogP contribution is -2.38. The van der Waals surface area contributed by atoms with Crippen LogP contribution in [0, 0.1) is 5.92 Å². The van der Waals surface area contributed by atoms with Crippen molar-refractivity contribution in [3.8, 4) is 0 Å². The first-order valence-corrected chi connectivity index (χ1v) is 7.91. The third-order valence-corrected chi connectivity index (χ3v) is 3.71. The summed E-state index contributed by atoms with van der Waals surface area (Å²) in [5.74, 6) is -0.726. The Morgan fingerprint density at radius 3 is 2.61 bits per heavy atom. The van der Waals surface area contributed by atoms with E-state index in [0.717, 1.165) is 0 Å². The van der Waals surface area contributed by atoms with Crippen LogP contribution in [0.5, 0.6) is 0 Å². The first-order valence-electron chi connectivity index (χ1n) is 7.15. The van der Waals surface area contributed by atoms with Crippen LogP contribution in [-0.2, 0) is 4.79 Å². The van der Waals surface area contributed by atoms with E-state index in [1.54, 1.807) is 6.07 Å². The van der Waals surface area contributed by atoms with Crippen LogP contribution in [0.3, 0.4) is 0 Å². The first-order chi connectivity index (χ1) is 10.8. The number of hydrogen-bond acceptors (Lipinski definition) is 4. The van der Waals surface area contributed by atoms with Crippen molar-refractivity contribution in [3.05, 3.63) is 33.8 Å². The molecule has 0 heterocycles. The van der Waals surface area contributed by atoms with Gasteiger partial charge in [0.25, 0.3) is 5.91 Å². The Hall–Kier alpha value is -1.28. The van der Waals surface area contributed by atoms with Crippen LogP contribution in [0.1, 0.15) is 23.7 Å². The Morgan fingerprint density at radius 1 is 1.26 bits per heavy atom. The minimum absolute atomic E-state index is 0.0961. The molecule has 6 nitrogen and oxygen atoms in total. The zero-order chi connectivity index (χ0) is 17.4. The Labute approximate surface area is 145 Å². The first kappa shape index (κ1) is 19.8. The van der Waals surface area contributed by atoms with Crippen molar-refractivity contribution in [1.82, 2.24) is 10.6 Å². The second-order valence-electron chi connectivity index (χ2n) is 5.27. The van der Waals surface area contributed by atoms with E-state index >= 15 is 0 Å². The van der Waals surface area contributed by atoms with Crippen LogP contribution in [0.2, 0.25) is 16.4 Å². The molecule has 0 spiro atoms. The highest BCUT2D eigenvalue weighted by Gasteiger charge is 2.14. The highest BCUT2D eigenvalue weighted by molar-refractivity contribution is 6.40. The molecular formula is C14H19BCl2N2O4. The predicted molar refractivity (Wildman–Crippen MR) is 90.6 cm³/mol. The lowest BCUT2D eigenvalue weighted by molar-refractivity contribution is -0.120. The summed E-state index contributed by atoms with van der Waals surface area (Å²) in [6.45, 7) is 2.09. The molecule has 0 fully saturated rings. The van der Waals surface area contributed by atoms with Gasteiger partial charge in [-0.3, -0.25) is 9.59 Å². The van der Waals surface area contributed by atoms with E-state index in [1.165, 1.54) is 12.1 Å². The lowest BCUT2D eigenvalue weighted by Gasteiger charge is -2.13. The van der Waals surface area contributed by atoms with Gasteiger partial charge in [-0.15, -0.1) is 0 Å². The van der Waals surface area contributed by atoms with Crippen LogP contribution in [0.4, 0.5) is 0 Å². The van der Waals surface area contributed by atoms with Gasteiger partial charge in [-0.2, -0.15) is 0 Å². The minimum Gasteiger partial charge on any atom is -0.427 e. The largest absolute Gasteiger partial charge is 0.451 e. The van der Waals surface area contributed by atoms with Gasteiger partial charge in [0.2, 0.25) is 5.91 Å².